The van der Waals surface area contributed by atoms with Crippen LogP contribution in [0.15, 0.2) is 97.1 Å². The molecule has 1 fully saturated rings. The first-order chi connectivity index (χ1) is 21.3. The zero-order chi connectivity index (χ0) is 30.7. The van der Waals surface area contributed by atoms with Gasteiger partial charge in [0, 0.05) is 35.1 Å². The SMILES string of the molecule is COc1cccc(C(=O)CN(C(=O)c2cccc([N+](=O)[O-])c2)N2C(=O)[C@@H]3C4c5ccccc5C(c5ccccc54)[C@@H]3C2=O)c1. The molecular formula is C34H25N3O7. The van der Waals surface area contributed by atoms with Crippen LogP contribution in [-0.4, -0.2) is 52.1 Å². The van der Waals surface area contributed by atoms with Gasteiger partial charge in [-0.3, -0.25) is 29.3 Å². The molecule has 8 rings (SSSR count). The van der Waals surface area contributed by atoms with Gasteiger partial charge in [-0.05, 0) is 40.5 Å². The molecule has 218 valence electrons. The lowest BCUT2D eigenvalue weighted by Crippen LogP contribution is -2.52. The molecule has 10 heteroatoms. The third-order valence-corrected chi connectivity index (χ3v) is 8.89. The lowest BCUT2D eigenvalue weighted by molar-refractivity contribution is -0.384. The number of methoxy groups -OCH3 is 1. The molecular weight excluding hydrogens is 562 g/mol. The number of carbonyl (C=O) groups is 4. The number of ketones is 1. The summed E-state index contributed by atoms with van der Waals surface area (Å²) in [7, 11) is 1.45. The molecule has 0 aromatic heterocycles. The fourth-order valence-corrected chi connectivity index (χ4v) is 7.06. The van der Waals surface area contributed by atoms with Crippen molar-refractivity contribution in [2.75, 3.05) is 13.7 Å². The van der Waals surface area contributed by atoms with Gasteiger partial charge in [0.15, 0.2) is 5.78 Å². The zero-order valence-electron chi connectivity index (χ0n) is 23.5. The highest BCUT2D eigenvalue weighted by atomic mass is 16.6. The van der Waals surface area contributed by atoms with Gasteiger partial charge in [-0.25, -0.2) is 5.01 Å². The number of non-ortho nitro benzene ring substituents is 1. The number of Topliss-reactive ketones (excluding diaryl/α,β-unsaturated/α-hetero) is 1. The molecule has 4 aliphatic rings. The predicted octanol–water partition coefficient (Wildman–Crippen LogP) is 4.74. The number of benzene rings is 4. The second-order valence-electron chi connectivity index (χ2n) is 11.1. The molecule has 4 aromatic carbocycles. The van der Waals surface area contributed by atoms with Crippen LogP contribution < -0.4 is 4.74 Å². The second kappa shape index (κ2) is 10.3. The summed E-state index contributed by atoms with van der Waals surface area (Å²) in [6.45, 7) is -0.652. The number of hydrogen-bond acceptors (Lipinski definition) is 7. The third kappa shape index (κ3) is 4.02. The third-order valence-electron chi connectivity index (χ3n) is 8.89. The first kappa shape index (κ1) is 27.2. The fourth-order valence-electron chi connectivity index (χ4n) is 7.06. The van der Waals surface area contributed by atoms with Gasteiger partial charge >= 0.3 is 0 Å². The summed E-state index contributed by atoms with van der Waals surface area (Å²) in [5.41, 5.74) is 3.58. The van der Waals surface area contributed by atoms with Gasteiger partial charge in [0.25, 0.3) is 23.4 Å². The van der Waals surface area contributed by atoms with Crippen LogP contribution in [0.2, 0.25) is 0 Å². The van der Waals surface area contributed by atoms with Gasteiger partial charge in [-0.2, -0.15) is 5.01 Å². The first-order valence-corrected chi connectivity index (χ1v) is 14.1. The molecule has 0 N–H and O–H groups in total. The normalized spacial score (nSPS) is 20.9. The summed E-state index contributed by atoms with van der Waals surface area (Å²) in [5, 5.41) is 13.1. The van der Waals surface area contributed by atoms with E-state index < -0.39 is 58.6 Å². The molecule has 3 amide bonds. The van der Waals surface area contributed by atoms with E-state index in [9.17, 15) is 29.3 Å². The van der Waals surface area contributed by atoms with E-state index in [-0.39, 0.29) is 16.8 Å². The quantitative estimate of drug-likeness (QED) is 0.132. The maximum atomic E-state index is 14.4. The van der Waals surface area contributed by atoms with E-state index in [0.29, 0.717) is 5.75 Å². The minimum atomic E-state index is -0.882. The highest BCUT2D eigenvalue weighted by Crippen LogP contribution is 2.61. The maximum absolute atomic E-state index is 14.4. The van der Waals surface area contributed by atoms with E-state index in [1.807, 2.05) is 48.5 Å². The van der Waals surface area contributed by atoms with Gasteiger partial charge in [0.05, 0.1) is 23.9 Å². The number of carbonyl (C=O) groups excluding carboxylic acids is 4. The van der Waals surface area contributed by atoms with E-state index >= 15 is 0 Å². The van der Waals surface area contributed by atoms with E-state index in [1.165, 1.54) is 31.4 Å². The molecule has 2 bridgehead atoms. The highest BCUT2D eigenvalue weighted by molar-refractivity contribution is 6.11. The van der Waals surface area contributed by atoms with Gasteiger partial charge < -0.3 is 4.74 Å². The van der Waals surface area contributed by atoms with Crippen molar-refractivity contribution in [3.8, 4) is 5.75 Å². The Morgan fingerprint density at radius 2 is 1.30 bits per heavy atom. The number of nitrogens with zero attached hydrogens (tertiary/aromatic N) is 3. The van der Waals surface area contributed by atoms with Crippen LogP contribution in [-0.2, 0) is 9.59 Å². The minimum absolute atomic E-state index is 0.136. The molecule has 44 heavy (non-hydrogen) atoms. The van der Waals surface area contributed by atoms with E-state index in [4.69, 9.17) is 4.74 Å². The van der Waals surface area contributed by atoms with Gasteiger partial charge in [-0.1, -0.05) is 66.7 Å². The number of nitro groups is 1. The average Bonchev–Trinajstić information content (AvgIpc) is 3.32. The maximum Gasteiger partial charge on any atom is 0.273 e. The summed E-state index contributed by atoms with van der Waals surface area (Å²) < 4.78 is 5.24. The van der Waals surface area contributed by atoms with Crippen molar-refractivity contribution in [1.29, 1.82) is 0 Å². The Balaban J connectivity index is 1.33. The summed E-state index contributed by atoms with van der Waals surface area (Å²) in [6, 6.07) is 26.8. The predicted molar refractivity (Wildman–Crippen MR) is 157 cm³/mol. The van der Waals surface area contributed by atoms with Crippen molar-refractivity contribution in [3.63, 3.8) is 0 Å². The van der Waals surface area contributed by atoms with E-state index in [0.717, 1.165) is 38.3 Å². The van der Waals surface area contributed by atoms with Crippen LogP contribution in [0, 0.1) is 22.0 Å². The summed E-state index contributed by atoms with van der Waals surface area (Å²) in [6.07, 6.45) is 0. The van der Waals surface area contributed by atoms with Crippen LogP contribution in [0.4, 0.5) is 5.69 Å². The molecule has 0 saturated carbocycles. The van der Waals surface area contributed by atoms with E-state index in [2.05, 4.69) is 0 Å². The number of hydrogen-bond donors (Lipinski definition) is 0. The standard InChI is InChI=1S/C34H25N3O7/c1-44-22-11-7-8-19(17-22)27(38)18-35(32(39)20-9-6-10-21(16-20)37(42)43)36-33(40)30-28-23-12-2-3-13-24(23)29(31(30)34(36)41)26-15-5-4-14-25(26)28/h2-17,28-31H,18H2,1H3/t28?,29?,30-,31+. The Hall–Kier alpha value is -5.64. The van der Waals surface area contributed by atoms with Gasteiger partial charge in [0.1, 0.15) is 12.3 Å². The van der Waals surface area contributed by atoms with Crippen molar-refractivity contribution in [2.24, 2.45) is 11.8 Å². The van der Waals surface area contributed by atoms with Gasteiger partial charge in [0.2, 0.25) is 0 Å². The molecule has 1 heterocycles. The Kier molecular flexibility index (Phi) is 6.35. The lowest BCUT2D eigenvalue weighted by Gasteiger charge is -2.45. The van der Waals surface area contributed by atoms with Crippen molar-refractivity contribution in [2.45, 2.75) is 11.8 Å². The highest BCUT2D eigenvalue weighted by Gasteiger charge is 2.63. The summed E-state index contributed by atoms with van der Waals surface area (Å²) in [5.74, 6) is -4.59. The van der Waals surface area contributed by atoms with Crippen LogP contribution in [0.1, 0.15) is 54.8 Å². The molecule has 1 saturated heterocycles. The average molecular weight is 588 g/mol. The largest absolute Gasteiger partial charge is 0.497 e. The number of imide groups is 1. The van der Waals surface area contributed by atoms with Crippen molar-refractivity contribution in [3.05, 3.63) is 141 Å². The van der Waals surface area contributed by atoms with Crippen molar-refractivity contribution in [1.82, 2.24) is 10.0 Å². The first-order valence-electron chi connectivity index (χ1n) is 14.1. The van der Waals surface area contributed by atoms with Crippen LogP contribution in [0.3, 0.4) is 0 Å². The lowest BCUT2D eigenvalue weighted by atomic mass is 9.55. The number of nitro benzene ring substituents is 1. The molecule has 1 aliphatic heterocycles. The van der Waals surface area contributed by atoms with Gasteiger partial charge in [-0.15, -0.1) is 0 Å². The summed E-state index contributed by atoms with van der Waals surface area (Å²) >= 11 is 0. The molecule has 4 aromatic rings. The summed E-state index contributed by atoms with van der Waals surface area (Å²) in [4.78, 5) is 67.4. The fraction of sp³-hybridized carbons (Fsp3) is 0.176. The Labute approximate surface area is 251 Å². The monoisotopic (exact) mass is 587 g/mol. The number of hydrazine groups is 1. The minimum Gasteiger partial charge on any atom is -0.497 e. The molecule has 0 unspecified atom stereocenters. The Morgan fingerprint density at radius 1 is 0.773 bits per heavy atom. The molecule has 2 atom stereocenters. The van der Waals surface area contributed by atoms with Crippen molar-refractivity contribution < 1.29 is 28.8 Å². The molecule has 10 nitrogen and oxygen atoms in total. The Morgan fingerprint density at radius 3 is 1.82 bits per heavy atom. The number of amides is 3. The van der Waals surface area contributed by atoms with Crippen molar-refractivity contribution >= 4 is 29.2 Å². The number of rotatable bonds is 7. The Bertz CT molecular complexity index is 1790. The van der Waals surface area contributed by atoms with E-state index in [1.54, 1.807) is 18.2 Å². The second-order valence-corrected chi connectivity index (χ2v) is 11.1. The topological polar surface area (TPSA) is 127 Å². The zero-order valence-corrected chi connectivity index (χ0v) is 23.5. The molecule has 0 radical (unpaired) electrons. The number of ether oxygens (including phenoxy) is 1. The molecule has 3 aliphatic carbocycles. The smallest absolute Gasteiger partial charge is 0.273 e. The van der Waals surface area contributed by atoms with Crippen LogP contribution in [0.5, 0.6) is 5.75 Å². The molecule has 0 spiro atoms. The van der Waals surface area contributed by atoms with Crippen LogP contribution in [0.25, 0.3) is 0 Å². The van der Waals surface area contributed by atoms with Crippen LogP contribution >= 0.6 is 0 Å².